The zero-order valence-corrected chi connectivity index (χ0v) is 13.6. The number of thioether (sulfide) groups is 1. The van der Waals surface area contributed by atoms with Crippen LogP contribution in [0.1, 0.15) is 6.92 Å². The first kappa shape index (κ1) is 14.8. The van der Waals surface area contributed by atoms with Gasteiger partial charge in [-0.15, -0.1) is 0 Å². The van der Waals surface area contributed by atoms with Crippen LogP contribution >= 0.6 is 11.8 Å². The van der Waals surface area contributed by atoms with Crippen LogP contribution in [-0.2, 0) is 9.59 Å². The number of fused-ring (bicyclic) bond motifs is 2. The number of anilines is 2. The quantitative estimate of drug-likeness (QED) is 0.627. The number of aromatic nitrogens is 2. The Morgan fingerprint density at radius 1 is 1.17 bits per heavy atom. The minimum atomic E-state index is -1.27. The molecule has 7 heteroatoms. The average molecular weight is 338 g/mol. The van der Waals surface area contributed by atoms with Crippen molar-refractivity contribution in [3.63, 3.8) is 0 Å². The standard InChI is InChI=1S/C17H14N4O2S/c1-17(14(22)18-12-8-4-5-9-13(12)24-17)15(23)21-16-19-10-6-2-3-7-11(10)20-16/h2-9H,1H3,(H,18,22)(H2,19,20,21,23). The van der Waals surface area contributed by atoms with Crippen molar-refractivity contribution >= 4 is 46.2 Å². The van der Waals surface area contributed by atoms with Crippen LogP contribution in [-0.4, -0.2) is 26.5 Å². The third-order valence-corrected chi connectivity index (χ3v) is 5.29. The number of benzene rings is 2. The summed E-state index contributed by atoms with van der Waals surface area (Å²) in [6.07, 6.45) is 0. The lowest BCUT2D eigenvalue weighted by atomic mass is 10.1. The second kappa shape index (κ2) is 5.38. The molecule has 1 aliphatic rings. The highest BCUT2D eigenvalue weighted by molar-refractivity contribution is 8.02. The molecule has 0 bridgehead atoms. The van der Waals surface area contributed by atoms with Crippen molar-refractivity contribution in [2.24, 2.45) is 0 Å². The van der Waals surface area contributed by atoms with Gasteiger partial charge in [0, 0.05) is 4.90 Å². The molecule has 4 rings (SSSR count). The largest absolute Gasteiger partial charge is 0.324 e. The van der Waals surface area contributed by atoms with E-state index in [9.17, 15) is 9.59 Å². The molecule has 2 aromatic carbocycles. The van der Waals surface area contributed by atoms with E-state index in [2.05, 4.69) is 20.6 Å². The van der Waals surface area contributed by atoms with Gasteiger partial charge in [0.1, 0.15) is 0 Å². The lowest BCUT2D eigenvalue weighted by Crippen LogP contribution is -2.49. The van der Waals surface area contributed by atoms with Gasteiger partial charge in [-0.1, -0.05) is 36.0 Å². The molecule has 1 aliphatic heterocycles. The van der Waals surface area contributed by atoms with Crippen molar-refractivity contribution in [2.75, 3.05) is 10.6 Å². The summed E-state index contributed by atoms with van der Waals surface area (Å²) < 4.78 is -1.27. The van der Waals surface area contributed by atoms with Crippen molar-refractivity contribution in [3.05, 3.63) is 48.5 Å². The number of amides is 2. The molecule has 2 heterocycles. The maximum absolute atomic E-state index is 12.7. The van der Waals surface area contributed by atoms with E-state index in [4.69, 9.17) is 0 Å². The Bertz CT molecular complexity index is 935. The Morgan fingerprint density at radius 3 is 2.75 bits per heavy atom. The van der Waals surface area contributed by atoms with E-state index in [1.165, 1.54) is 11.8 Å². The summed E-state index contributed by atoms with van der Waals surface area (Å²) in [5.41, 5.74) is 2.30. The predicted molar refractivity (Wildman–Crippen MR) is 94.1 cm³/mol. The smallest absolute Gasteiger partial charge is 0.252 e. The topological polar surface area (TPSA) is 86.9 Å². The first-order valence-electron chi connectivity index (χ1n) is 7.42. The summed E-state index contributed by atoms with van der Waals surface area (Å²) in [7, 11) is 0. The Labute approximate surface area is 142 Å². The molecule has 0 spiro atoms. The Morgan fingerprint density at radius 2 is 1.92 bits per heavy atom. The van der Waals surface area contributed by atoms with Gasteiger partial charge in [0.2, 0.25) is 11.9 Å². The zero-order chi connectivity index (χ0) is 16.7. The molecule has 2 amide bonds. The number of carbonyl (C=O) groups is 2. The fourth-order valence-corrected chi connectivity index (χ4v) is 3.66. The van der Waals surface area contributed by atoms with E-state index in [1.807, 2.05) is 48.5 Å². The number of rotatable bonds is 2. The third kappa shape index (κ3) is 2.33. The van der Waals surface area contributed by atoms with Crippen LogP contribution in [0.4, 0.5) is 11.6 Å². The number of hydrogen-bond donors (Lipinski definition) is 3. The molecular weight excluding hydrogens is 324 g/mol. The first-order valence-corrected chi connectivity index (χ1v) is 8.23. The second-order valence-electron chi connectivity index (χ2n) is 5.64. The molecule has 0 fully saturated rings. The molecule has 24 heavy (non-hydrogen) atoms. The van der Waals surface area contributed by atoms with E-state index >= 15 is 0 Å². The lowest BCUT2D eigenvalue weighted by Gasteiger charge is -2.31. The summed E-state index contributed by atoms with van der Waals surface area (Å²) in [4.78, 5) is 33.4. The van der Waals surface area contributed by atoms with Crippen molar-refractivity contribution < 1.29 is 9.59 Å². The van der Waals surface area contributed by atoms with Crippen LogP contribution < -0.4 is 10.6 Å². The van der Waals surface area contributed by atoms with Crippen molar-refractivity contribution in [1.82, 2.24) is 9.97 Å². The molecule has 1 aromatic heterocycles. The van der Waals surface area contributed by atoms with E-state index in [0.717, 1.165) is 21.6 Å². The van der Waals surface area contributed by atoms with Crippen LogP contribution in [0.25, 0.3) is 11.0 Å². The third-order valence-electron chi connectivity index (χ3n) is 3.94. The molecule has 3 N–H and O–H groups in total. The van der Waals surface area contributed by atoms with Gasteiger partial charge in [-0.2, -0.15) is 0 Å². The molecule has 0 saturated heterocycles. The number of hydrogen-bond acceptors (Lipinski definition) is 4. The Balaban J connectivity index is 1.62. The number of nitrogens with one attached hydrogen (secondary N) is 3. The summed E-state index contributed by atoms with van der Waals surface area (Å²) in [5.74, 6) is -0.437. The monoisotopic (exact) mass is 338 g/mol. The fourth-order valence-electron chi connectivity index (χ4n) is 2.56. The van der Waals surface area contributed by atoms with Crippen LogP contribution in [0.5, 0.6) is 0 Å². The molecule has 1 atom stereocenters. The van der Waals surface area contributed by atoms with Crippen molar-refractivity contribution in [3.8, 4) is 0 Å². The average Bonchev–Trinajstić information content (AvgIpc) is 2.98. The summed E-state index contributed by atoms with van der Waals surface area (Å²) in [5, 5.41) is 5.51. The highest BCUT2D eigenvalue weighted by atomic mass is 32.2. The van der Waals surface area contributed by atoms with Gasteiger partial charge in [-0.25, -0.2) is 4.98 Å². The first-order chi connectivity index (χ1) is 11.6. The van der Waals surface area contributed by atoms with Gasteiger partial charge < -0.3 is 10.3 Å². The number of para-hydroxylation sites is 3. The predicted octanol–water partition coefficient (Wildman–Crippen LogP) is 3.00. The molecule has 6 nitrogen and oxygen atoms in total. The minimum Gasteiger partial charge on any atom is -0.324 e. The van der Waals surface area contributed by atoms with E-state index < -0.39 is 10.7 Å². The normalized spacial score (nSPS) is 19.6. The Hall–Kier alpha value is -2.80. The minimum absolute atomic E-state index is 0.328. The number of H-pyrrole nitrogens is 1. The number of nitrogens with zero attached hydrogens (tertiary/aromatic N) is 1. The van der Waals surface area contributed by atoms with E-state index in [1.54, 1.807) is 6.92 Å². The number of aromatic amines is 1. The summed E-state index contributed by atoms with van der Waals surface area (Å²) in [6.45, 7) is 1.61. The van der Waals surface area contributed by atoms with Crippen LogP contribution in [0.2, 0.25) is 0 Å². The van der Waals surface area contributed by atoms with Crippen LogP contribution in [0.3, 0.4) is 0 Å². The number of carbonyl (C=O) groups excluding carboxylic acids is 2. The summed E-state index contributed by atoms with van der Waals surface area (Å²) in [6, 6.07) is 14.9. The Kier molecular flexibility index (Phi) is 3.31. The number of imidazole rings is 1. The highest BCUT2D eigenvalue weighted by Crippen LogP contribution is 2.42. The van der Waals surface area contributed by atoms with Crippen LogP contribution in [0.15, 0.2) is 53.4 Å². The molecule has 0 radical (unpaired) electrons. The molecule has 1 unspecified atom stereocenters. The molecule has 120 valence electrons. The molecule has 3 aromatic rings. The highest BCUT2D eigenvalue weighted by Gasteiger charge is 2.46. The molecule has 0 aliphatic carbocycles. The van der Waals surface area contributed by atoms with Gasteiger partial charge in [0.25, 0.3) is 5.91 Å². The second-order valence-corrected chi connectivity index (χ2v) is 7.10. The van der Waals surface area contributed by atoms with Crippen molar-refractivity contribution in [2.45, 2.75) is 16.6 Å². The maximum atomic E-state index is 12.7. The SMILES string of the molecule is CC1(C(=O)Nc2nc3ccccc3[nH]2)Sc2ccccc2NC1=O. The maximum Gasteiger partial charge on any atom is 0.252 e. The van der Waals surface area contributed by atoms with E-state index in [0.29, 0.717) is 5.95 Å². The van der Waals surface area contributed by atoms with Crippen molar-refractivity contribution in [1.29, 1.82) is 0 Å². The molecular formula is C17H14N4O2S. The lowest BCUT2D eigenvalue weighted by molar-refractivity contribution is -0.126. The van der Waals surface area contributed by atoms with Gasteiger partial charge in [-0.05, 0) is 31.2 Å². The van der Waals surface area contributed by atoms with Gasteiger partial charge in [0.15, 0.2) is 4.75 Å². The van der Waals surface area contributed by atoms with Gasteiger partial charge in [0.05, 0.1) is 16.7 Å². The van der Waals surface area contributed by atoms with Crippen LogP contribution in [0, 0.1) is 0 Å². The molecule has 0 saturated carbocycles. The van der Waals surface area contributed by atoms with Gasteiger partial charge >= 0.3 is 0 Å². The van der Waals surface area contributed by atoms with E-state index in [-0.39, 0.29) is 5.91 Å². The zero-order valence-electron chi connectivity index (χ0n) is 12.8. The van der Waals surface area contributed by atoms with Gasteiger partial charge in [-0.3, -0.25) is 14.9 Å². The summed E-state index contributed by atoms with van der Waals surface area (Å²) >= 11 is 1.24. The fraction of sp³-hybridized carbons (Fsp3) is 0.118.